The molecule has 1 heterocycles. The third-order valence-corrected chi connectivity index (χ3v) is 4.10. The third kappa shape index (κ3) is 3.94. The van der Waals surface area contributed by atoms with Gasteiger partial charge in [-0.2, -0.15) is 0 Å². The maximum atomic E-state index is 12.1. The highest BCUT2D eigenvalue weighted by Crippen LogP contribution is 2.19. The summed E-state index contributed by atoms with van der Waals surface area (Å²) in [5, 5.41) is 0.691. The van der Waals surface area contributed by atoms with Crippen molar-refractivity contribution in [3.8, 4) is 11.1 Å². The number of ether oxygens (including phenoxy) is 1. The van der Waals surface area contributed by atoms with Crippen LogP contribution in [0.2, 0.25) is 5.02 Å². The molecule has 0 fully saturated rings. The number of halogens is 1. The summed E-state index contributed by atoms with van der Waals surface area (Å²) in [6.07, 6.45) is 1.89. The van der Waals surface area contributed by atoms with Gasteiger partial charge >= 0.3 is 0 Å². The molecule has 0 radical (unpaired) electrons. The Labute approximate surface area is 146 Å². The largest absolute Gasteiger partial charge is 0.380 e. The molecule has 0 saturated carbocycles. The fourth-order valence-electron chi connectivity index (χ4n) is 2.57. The summed E-state index contributed by atoms with van der Waals surface area (Å²) in [6.45, 7) is 1.11. The number of pyridine rings is 1. The summed E-state index contributed by atoms with van der Waals surface area (Å²) in [5.41, 5.74) is 4.21. The zero-order chi connectivity index (χ0) is 16.9. The van der Waals surface area contributed by atoms with Gasteiger partial charge < -0.3 is 9.30 Å². The van der Waals surface area contributed by atoms with Crippen molar-refractivity contribution in [2.24, 2.45) is 0 Å². The molecule has 24 heavy (non-hydrogen) atoms. The van der Waals surface area contributed by atoms with Crippen molar-refractivity contribution in [3.63, 3.8) is 0 Å². The maximum absolute atomic E-state index is 12.1. The van der Waals surface area contributed by atoms with Crippen LogP contribution in [0.15, 0.2) is 71.7 Å². The van der Waals surface area contributed by atoms with E-state index in [9.17, 15) is 4.79 Å². The molecule has 3 nitrogen and oxygen atoms in total. The summed E-state index contributed by atoms with van der Waals surface area (Å²) in [7, 11) is 1.68. The molecule has 0 amide bonds. The summed E-state index contributed by atoms with van der Waals surface area (Å²) in [6, 6.07) is 19.1. The number of benzene rings is 2. The SMILES string of the molecule is COCc1ccc(-c2ccc(=O)n(Cc3ccc(Cl)cc3)c2)cc1. The van der Waals surface area contributed by atoms with E-state index in [0.717, 1.165) is 22.3 Å². The Hall–Kier alpha value is -2.36. The van der Waals surface area contributed by atoms with Crippen molar-refractivity contribution < 1.29 is 4.74 Å². The first kappa shape index (κ1) is 16.5. The molecule has 0 spiro atoms. The van der Waals surface area contributed by atoms with Gasteiger partial charge in [-0.15, -0.1) is 0 Å². The summed E-state index contributed by atoms with van der Waals surface area (Å²) in [4.78, 5) is 12.1. The van der Waals surface area contributed by atoms with Crippen LogP contribution >= 0.6 is 11.6 Å². The van der Waals surface area contributed by atoms with Gasteiger partial charge in [0.05, 0.1) is 13.2 Å². The van der Waals surface area contributed by atoms with Gasteiger partial charge in [0.1, 0.15) is 0 Å². The van der Waals surface area contributed by atoms with Crippen molar-refractivity contribution in [3.05, 3.63) is 93.4 Å². The fraction of sp³-hybridized carbons (Fsp3) is 0.150. The molecule has 2 aromatic carbocycles. The number of hydrogen-bond donors (Lipinski definition) is 0. The van der Waals surface area contributed by atoms with Gasteiger partial charge in [0, 0.05) is 24.4 Å². The lowest BCUT2D eigenvalue weighted by atomic mass is 10.1. The Kier molecular flexibility index (Phi) is 5.14. The predicted molar refractivity (Wildman–Crippen MR) is 97.4 cm³/mol. The molecule has 3 aromatic rings. The highest BCUT2D eigenvalue weighted by molar-refractivity contribution is 6.30. The van der Waals surface area contributed by atoms with E-state index in [1.54, 1.807) is 17.7 Å². The molecule has 0 atom stereocenters. The van der Waals surface area contributed by atoms with Crippen molar-refractivity contribution >= 4 is 11.6 Å². The van der Waals surface area contributed by atoms with E-state index in [0.29, 0.717) is 18.2 Å². The molecule has 0 bridgehead atoms. The summed E-state index contributed by atoms with van der Waals surface area (Å²) in [5.74, 6) is 0. The molecule has 0 N–H and O–H groups in total. The number of aromatic nitrogens is 1. The Morgan fingerprint density at radius 1 is 0.875 bits per heavy atom. The Morgan fingerprint density at radius 3 is 2.17 bits per heavy atom. The van der Waals surface area contributed by atoms with Gasteiger partial charge in [-0.3, -0.25) is 4.79 Å². The van der Waals surface area contributed by atoms with E-state index in [-0.39, 0.29) is 5.56 Å². The van der Waals surface area contributed by atoms with Gasteiger partial charge in [-0.1, -0.05) is 48.0 Å². The molecule has 122 valence electrons. The lowest BCUT2D eigenvalue weighted by Gasteiger charge is -2.09. The minimum absolute atomic E-state index is 0.0234. The zero-order valence-electron chi connectivity index (χ0n) is 13.4. The molecule has 3 rings (SSSR count). The van der Waals surface area contributed by atoms with Crippen molar-refractivity contribution in [2.75, 3.05) is 7.11 Å². The van der Waals surface area contributed by atoms with Crippen LogP contribution in [0.3, 0.4) is 0 Å². The van der Waals surface area contributed by atoms with Crippen LogP contribution in [-0.4, -0.2) is 11.7 Å². The minimum atomic E-state index is -0.0234. The number of methoxy groups -OCH3 is 1. The molecule has 0 aliphatic carbocycles. The topological polar surface area (TPSA) is 31.2 Å². The Balaban J connectivity index is 1.88. The molecule has 1 aromatic heterocycles. The predicted octanol–water partition coefficient (Wildman–Crippen LogP) is 4.36. The average molecular weight is 340 g/mol. The second kappa shape index (κ2) is 7.47. The van der Waals surface area contributed by atoms with Crippen LogP contribution in [0.4, 0.5) is 0 Å². The van der Waals surface area contributed by atoms with E-state index < -0.39 is 0 Å². The first-order valence-corrected chi connectivity index (χ1v) is 8.07. The van der Waals surface area contributed by atoms with E-state index in [1.165, 1.54) is 0 Å². The molecular formula is C20H18ClNO2. The van der Waals surface area contributed by atoms with E-state index in [1.807, 2.05) is 60.8 Å². The number of nitrogens with zero attached hydrogens (tertiary/aromatic N) is 1. The number of rotatable bonds is 5. The lowest BCUT2D eigenvalue weighted by molar-refractivity contribution is 0.185. The van der Waals surface area contributed by atoms with Gasteiger partial charge in [0.15, 0.2) is 0 Å². The molecule has 0 aliphatic rings. The second-order valence-electron chi connectivity index (χ2n) is 5.64. The first-order chi connectivity index (χ1) is 11.7. The highest BCUT2D eigenvalue weighted by Gasteiger charge is 2.03. The van der Waals surface area contributed by atoms with Gasteiger partial charge in [0.2, 0.25) is 0 Å². The monoisotopic (exact) mass is 339 g/mol. The molecule has 0 aliphatic heterocycles. The third-order valence-electron chi connectivity index (χ3n) is 3.85. The van der Waals surface area contributed by atoms with Gasteiger partial charge in [-0.25, -0.2) is 0 Å². The number of hydrogen-bond acceptors (Lipinski definition) is 2. The van der Waals surface area contributed by atoms with E-state index in [4.69, 9.17) is 16.3 Å². The minimum Gasteiger partial charge on any atom is -0.380 e. The van der Waals surface area contributed by atoms with Crippen LogP contribution in [0, 0.1) is 0 Å². The summed E-state index contributed by atoms with van der Waals surface area (Å²) < 4.78 is 6.84. The Bertz CT molecular complexity index is 867. The van der Waals surface area contributed by atoms with Gasteiger partial charge in [0.25, 0.3) is 5.56 Å². The van der Waals surface area contributed by atoms with Crippen LogP contribution in [0.1, 0.15) is 11.1 Å². The second-order valence-corrected chi connectivity index (χ2v) is 6.08. The van der Waals surface area contributed by atoms with Crippen molar-refractivity contribution in [2.45, 2.75) is 13.2 Å². The smallest absolute Gasteiger partial charge is 0.250 e. The molecule has 0 unspecified atom stereocenters. The lowest BCUT2D eigenvalue weighted by Crippen LogP contribution is -2.19. The van der Waals surface area contributed by atoms with Gasteiger partial charge in [-0.05, 0) is 40.5 Å². The normalized spacial score (nSPS) is 10.8. The quantitative estimate of drug-likeness (QED) is 0.691. The molecule has 0 saturated heterocycles. The van der Waals surface area contributed by atoms with E-state index >= 15 is 0 Å². The Morgan fingerprint density at radius 2 is 1.50 bits per heavy atom. The van der Waals surface area contributed by atoms with Crippen LogP contribution in [0.5, 0.6) is 0 Å². The highest BCUT2D eigenvalue weighted by atomic mass is 35.5. The van der Waals surface area contributed by atoms with Crippen molar-refractivity contribution in [1.82, 2.24) is 4.57 Å². The fourth-order valence-corrected chi connectivity index (χ4v) is 2.70. The van der Waals surface area contributed by atoms with Crippen LogP contribution in [-0.2, 0) is 17.9 Å². The first-order valence-electron chi connectivity index (χ1n) is 7.69. The van der Waals surface area contributed by atoms with Crippen molar-refractivity contribution in [1.29, 1.82) is 0 Å². The molecular weight excluding hydrogens is 322 g/mol. The standard InChI is InChI=1S/C20H18ClNO2/c1-24-14-16-2-6-17(7-3-16)18-8-11-20(23)22(13-18)12-15-4-9-19(21)10-5-15/h2-11,13H,12,14H2,1H3. The maximum Gasteiger partial charge on any atom is 0.250 e. The summed E-state index contributed by atoms with van der Waals surface area (Å²) >= 11 is 5.91. The zero-order valence-corrected chi connectivity index (χ0v) is 14.2. The van der Waals surface area contributed by atoms with E-state index in [2.05, 4.69) is 0 Å². The van der Waals surface area contributed by atoms with Crippen LogP contribution < -0.4 is 5.56 Å². The average Bonchev–Trinajstić information content (AvgIpc) is 2.60. The molecule has 4 heteroatoms. The van der Waals surface area contributed by atoms with Crippen LogP contribution in [0.25, 0.3) is 11.1 Å².